The molecule has 0 aliphatic carbocycles. The molecule has 0 spiro atoms. The first kappa shape index (κ1) is 22.1. The zero-order valence-electron chi connectivity index (χ0n) is 18.1. The van der Waals surface area contributed by atoms with Crippen LogP contribution in [0.3, 0.4) is 0 Å². The van der Waals surface area contributed by atoms with E-state index in [1.54, 1.807) is 6.20 Å². The van der Waals surface area contributed by atoms with Gasteiger partial charge >= 0.3 is 0 Å². The van der Waals surface area contributed by atoms with Crippen LogP contribution in [0.5, 0.6) is 0 Å². The monoisotopic (exact) mass is 418 g/mol. The van der Waals surface area contributed by atoms with Crippen LogP contribution in [0.4, 0.5) is 0 Å². The van der Waals surface area contributed by atoms with E-state index in [1.165, 1.54) is 11.1 Å². The highest BCUT2D eigenvalue weighted by molar-refractivity contribution is 5.94. The Bertz CT molecular complexity index is 980. The van der Waals surface area contributed by atoms with Gasteiger partial charge in [-0.05, 0) is 48.7 Å². The summed E-state index contributed by atoms with van der Waals surface area (Å²) in [5.41, 5.74) is 4.13. The molecule has 0 unspecified atom stereocenters. The molecule has 0 atom stereocenters. The maximum absolute atomic E-state index is 11.9. The molecule has 1 aromatic heterocycles. The molecule has 1 heterocycles. The van der Waals surface area contributed by atoms with Gasteiger partial charge in [-0.3, -0.25) is 9.48 Å². The van der Waals surface area contributed by atoms with Crippen LogP contribution in [0.15, 0.2) is 72.0 Å². The van der Waals surface area contributed by atoms with E-state index in [2.05, 4.69) is 33.2 Å². The Balaban J connectivity index is 1.62. The van der Waals surface area contributed by atoms with Crippen molar-refractivity contribution >= 4 is 11.9 Å². The average molecular weight is 419 g/mol. The van der Waals surface area contributed by atoms with E-state index in [9.17, 15) is 4.79 Å². The molecule has 7 nitrogen and oxygen atoms in total. The highest BCUT2D eigenvalue weighted by atomic mass is 16.1. The van der Waals surface area contributed by atoms with E-state index in [0.29, 0.717) is 25.2 Å². The van der Waals surface area contributed by atoms with Gasteiger partial charge in [0.25, 0.3) is 5.91 Å². The highest BCUT2D eigenvalue weighted by Gasteiger charge is 2.06. The molecular weight excluding hydrogens is 388 g/mol. The van der Waals surface area contributed by atoms with E-state index >= 15 is 0 Å². The Morgan fingerprint density at radius 3 is 2.35 bits per heavy atom. The first-order chi connectivity index (χ1) is 15.2. The molecule has 1 amide bonds. The van der Waals surface area contributed by atoms with Crippen molar-refractivity contribution in [3.05, 3.63) is 89.2 Å². The number of amides is 1. The molecule has 0 aliphatic rings. The number of hydrogen-bond donors (Lipinski definition) is 3. The van der Waals surface area contributed by atoms with Gasteiger partial charge in [-0.25, -0.2) is 4.99 Å². The number of carbonyl (C=O) groups is 1. The molecule has 0 radical (unpaired) electrons. The predicted molar refractivity (Wildman–Crippen MR) is 124 cm³/mol. The van der Waals surface area contributed by atoms with Crippen LogP contribution >= 0.6 is 0 Å². The lowest BCUT2D eigenvalue weighted by Gasteiger charge is -2.14. The maximum Gasteiger partial charge on any atom is 0.251 e. The molecule has 0 fully saturated rings. The van der Waals surface area contributed by atoms with Crippen LogP contribution in [0.25, 0.3) is 0 Å². The molecule has 7 heteroatoms. The van der Waals surface area contributed by atoms with Crippen LogP contribution < -0.4 is 16.0 Å². The van der Waals surface area contributed by atoms with Crippen LogP contribution in [0.2, 0.25) is 0 Å². The minimum Gasteiger partial charge on any atom is -0.357 e. The third-order valence-electron chi connectivity index (χ3n) is 4.77. The summed E-state index contributed by atoms with van der Waals surface area (Å²) in [5, 5.41) is 13.8. The molecule has 0 aliphatic heterocycles. The van der Waals surface area contributed by atoms with Crippen molar-refractivity contribution in [3.63, 3.8) is 0 Å². The largest absolute Gasteiger partial charge is 0.357 e. The Morgan fingerprint density at radius 2 is 1.68 bits per heavy atom. The van der Waals surface area contributed by atoms with E-state index < -0.39 is 0 Å². The number of guanidine groups is 1. The SMILES string of the molecule is CCNC(=O)c1ccc(CN=C(NCC)NCc2ccccc2Cn2cccn2)cc1. The second kappa shape index (κ2) is 11.5. The Hall–Kier alpha value is -3.61. The predicted octanol–water partition coefficient (Wildman–Crippen LogP) is 2.94. The third-order valence-corrected chi connectivity index (χ3v) is 4.77. The first-order valence-electron chi connectivity index (χ1n) is 10.6. The lowest BCUT2D eigenvalue weighted by Crippen LogP contribution is -2.37. The van der Waals surface area contributed by atoms with Crippen molar-refractivity contribution in [1.82, 2.24) is 25.7 Å². The Labute approximate surface area is 183 Å². The molecule has 31 heavy (non-hydrogen) atoms. The number of nitrogens with zero attached hydrogens (tertiary/aromatic N) is 3. The van der Waals surface area contributed by atoms with E-state index in [1.807, 2.05) is 67.2 Å². The lowest BCUT2D eigenvalue weighted by atomic mass is 10.1. The fourth-order valence-electron chi connectivity index (χ4n) is 3.17. The fourth-order valence-corrected chi connectivity index (χ4v) is 3.17. The van der Waals surface area contributed by atoms with Crippen LogP contribution in [-0.4, -0.2) is 34.7 Å². The number of carbonyl (C=O) groups excluding carboxylic acids is 1. The van der Waals surface area contributed by atoms with Crippen LogP contribution in [0.1, 0.15) is 40.9 Å². The molecule has 3 N–H and O–H groups in total. The van der Waals surface area contributed by atoms with Crippen molar-refractivity contribution in [2.24, 2.45) is 4.99 Å². The maximum atomic E-state index is 11.9. The number of nitrogens with one attached hydrogen (secondary N) is 3. The summed E-state index contributed by atoms with van der Waals surface area (Å²) in [7, 11) is 0. The van der Waals surface area contributed by atoms with Gasteiger partial charge in [0.15, 0.2) is 5.96 Å². The molecular formula is C24H30N6O. The molecule has 0 bridgehead atoms. The normalized spacial score (nSPS) is 11.2. The molecule has 2 aromatic carbocycles. The summed E-state index contributed by atoms with van der Waals surface area (Å²) in [6.07, 6.45) is 3.76. The number of hydrogen-bond acceptors (Lipinski definition) is 3. The van der Waals surface area contributed by atoms with E-state index in [4.69, 9.17) is 4.99 Å². The van der Waals surface area contributed by atoms with Crippen molar-refractivity contribution in [1.29, 1.82) is 0 Å². The highest BCUT2D eigenvalue weighted by Crippen LogP contribution is 2.10. The summed E-state index contributed by atoms with van der Waals surface area (Å²) in [5.74, 6) is 0.700. The van der Waals surface area contributed by atoms with Crippen molar-refractivity contribution < 1.29 is 4.79 Å². The van der Waals surface area contributed by atoms with Crippen molar-refractivity contribution in [2.75, 3.05) is 13.1 Å². The standard InChI is InChI=1S/C24H30N6O/c1-3-25-23(31)20-12-10-19(11-13-20)16-27-24(26-4-2)28-17-21-8-5-6-9-22(21)18-30-15-7-14-29-30/h5-15H,3-4,16-18H2,1-2H3,(H,25,31)(H2,26,27,28). The quantitative estimate of drug-likeness (QED) is 0.369. The number of aliphatic imine (C=N–C) groups is 1. The van der Waals surface area contributed by atoms with E-state index in [-0.39, 0.29) is 5.91 Å². The zero-order valence-corrected chi connectivity index (χ0v) is 18.1. The topological polar surface area (TPSA) is 83.3 Å². The van der Waals surface area contributed by atoms with Crippen molar-refractivity contribution in [2.45, 2.75) is 33.5 Å². The average Bonchev–Trinajstić information content (AvgIpc) is 3.30. The summed E-state index contributed by atoms with van der Waals surface area (Å²) >= 11 is 0. The molecule has 3 aromatic rings. The minimum atomic E-state index is -0.0543. The summed E-state index contributed by atoms with van der Waals surface area (Å²) in [6, 6.07) is 17.8. The smallest absolute Gasteiger partial charge is 0.251 e. The third kappa shape index (κ3) is 6.70. The number of benzene rings is 2. The van der Waals surface area contributed by atoms with Gasteiger partial charge in [0.05, 0.1) is 13.1 Å². The van der Waals surface area contributed by atoms with Gasteiger partial charge < -0.3 is 16.0 Å². The van der Waals surface area contributed by atoms with Gasteiger partial charge in [-0.1, -0.05) is 36.4 Å². The second-order valence-corrected chi connectivity index (χ2v) is 7.08. The lowest BCUT2D eigenvalue weighted by molar-refractivity contribution is 0.0956. The minimum absolute atomic E-state index is 0.0543. The van der Waals surface area contributed by atoms with Gasteiger partial charge in [-0.15, -0.1) is 0 Å². The van der Waals surface area contributed by atoms with Crippen LogP contribution in [0, 0.1) is 0 Å². The first-order valence-corrected chi connectivity index (χ1v) is 10.6. The molecule has 0 saturated heterocycles. The van der Waals surface area contributed by atoms with Gasteiger partial charge in [0, 0.05) is 37.6 Å². The van der Waals surface area contributed by atoms with Gasteiger partial charge in [0.1, 0.15) is 0 Å². The molecule has 162 valence electrons. The molecule has 3 rings (SSSR count). The number of rotatable bonds is 9. The second-order valence-electron chi connectivity index (χ2n) is 7.08. The Morgan fingerprint density at radius 1 is 0.935 bits per heavy atom. The van der Waals surface area contributed by atoms with Crippen molar-refractivity contribution in [3.8, 4) is 0 Å². The summed E-state index contributed by atoms with van der Waals surface area (Å²) in [6.45, 7) is 7.27. The summed E-state index contributed by atoms with van der Waals surface area (Å²) < 4.78 is 1.92. The van der Waals surface area contributed by atoms with E-state index in [0.717, 1.165) is 24.6 Å². The number of aromatic nitrogens is 2. The summed E-state index contributed by atoms with van der Waals surface area (Å²) in [4.78, 5) is 16.6. The van der Waals surface area contributed by atoms with Crippen LogP contribution in [-0.2, 0) is 19.6 Å². The van der Waals surface area contributed by atoms with Gasteiger partial charge in [-0.2, -0.15) is 5.10 Å². The molecule has 0 saturated carbocycles. The zero-order chi connectivity index (χ0) is 21.9. The van der Waals surface area contributed by atoms with Gasteiger partial charge in [0.2, 0.25) is 0 Å². The fraction of sp³-hybridized carbons (Fsp3) is 0.292. The Kier molecular flexibility index (Phi) is 8.22.